The van der Waals surface area contributed by atoms with Crippen molar-refractivity contribution in [2.24, 2.45) is 0 Å². The fourth-order valence-corrected chi connectivity index (χ4v) is 2.26. The van der Waals surface area contributed by atoms with Crippen LogP contribution < -0.4 is 10.6 Å². The van der Waals surface area contributed by atoms with Gasteiger partial charge in [0.05, 0.1) is 5.75 Å². The van der Waals surface area contributed by atoms with Crippen molar-refractivity contribution in [3.63, 3.8) is 0 Å². The van der Waals surface area contributed by atoms with E-state index < -0.39 is 0 Å². The third-order valence-electron chi connectivity index (χ3n) is 2.69. The highest BCUT2D eigenvalue weighted by molar-refractivity contribution is 8.00. The summed E-state index contributed by atoms with van der Waals surface area (Å²) in [6.07, 6.45) is 0.978. The molecule has 1 aromatic carbocycles. The van der Waals surface area contributed by atoms with Crippen LogP contribution in [0, 0.1) is 0 Å². The smallest absolute Gasteiger partial charge is 0.230 e. The number of carbonyl (C=O) groups excluding carboxylic acids is 1. The molecule has 0 radical (unpaired) electrons. The van der Waals surface area contributed by atoms with Gasteiger partial charge in [0.2, 0.25) is 5.91 Å². The fourth-order valence-electron chi connectivity index (χ4n) is 1.54. The quantitative estimate of drug-likeness (QED) is 0.759. The SMILES string of the molecule is CCCNC(=O)CSc1ccc(CNC(C)(C)C)cc1. The maximum Gasteiger partial charge on any atom is 0.230 e. The van der Waals surface area contributed by atoms with Crippen molar-refractivity contribution in [2.75, 3.05) is 12.3 Å². The molecule has 112 valence electrons. The molecule has 0 aliphatic carbocycles. The number of benzene rings is 1. The molecule has 2 N–H and O–H groups in total. The number of carbonyl (C=O) groups is 1. The molecule has 0 unspecified atom stereocenters. The van der Waals surface area contributed by atoms with E-state index in [2.05, 4.69) is 62.6 Å². The zero-order valence-corrected chi connectivity index (χ0v) is 13.8. The Balaban J connectivity index is 2.37. The number of thioether (sulfide) groups is 1. The molecule has 0 spiro atoms. The van der Waals surface area contributed by atoms with Crippen molar-refractivity contribution in [2.45, 2.75) is 51.1 Å². The van der Waals surface area contributed by atoms with Gasteiger partial charge in [0, 0.05) is 23.5 Å². The van der Waals surface area contributed by atoms with Gasteiger partial charge in [-0.25, -0.2) is 0 Å². The van der Waals surface area contributed by atoms with Crippen LogP contribution in [0.2, 0.25) is 0 Å². The molecule has 0 saturated carbocycles. The predicted molar refractivity (Wildman–Crippen MR) is 87.1 cm³/mol. The van der Waals surface area contributed by atoms with Crippen LogP contribution in [-0.2, 0) is 11.3 Å². The first-order valence-corrected chi connectivity index (χ1v) is 8.13. The molecular formula is C16H26N2OS. The van der Waals surface area contributed by atoms with Crippen molar-refractivity contribution in [1.82, 2.24) is 10.6 Å². The van der Waals surface area contributed by atoms with Crippen molar-refractivity contribution in [3.8, 4) is 0 Å². The Morgan fingerprint density at radius 3 is 2.40 bits per heavy atom. The molecular weight excluding hydrogens is 268 g/mol. The molecule has 0 bridgehead atoms. The number of rotatable bonds is 7. The molecule has 0 aliphatic heterocycles. The average molecular weight is 294 g/mol. The average Bonchev–Trinajstić information content (AvgIpc) is 2.41. The Kier molecular flexibility index (Phi) is 7.10. The van der Waals surface area contributed by atoms with Gasteiger partial charge in [-0.15, -0.1) is 11.8 Å². The predicted octanol–water partition coefficient (Wildman–Crippen LogP) is 3.19. The second-order valence-electron chi connectivity index (χ2n) is 5.89. The fraction of sp³-hybridized carbons (Fsp3) is 0.562. The van der Waals surface area contributed by atoms with Crippen LogP contribution in [0.25, 0.3) is 0 Å². The monoisotopic (exact) mass is 294 g/mol. The lowest BCUT2D eigenvalue weighted by atomic mass is 10.1. The summed E-state index contributed by atoms with van der Waals surface area (Å²) in [5.41, 5.74) is 1.39. The highest BCUT2D eigenvalue weighted by Crippen LogP contribution is 2.18. The van der Waals surface area contributed by atoms with Crippen LogP contribution in [0.4, 0.5) is 0 Å². The molecule has 4 heteroatoms. The molecule has 1 aromatic rings. The summed E-state index contributed by atoms with van der Waals surface area (Å²) in [6, 6.07) is 8.39. The van der Waals surface area contributed by atoms with Gasteiger partial charge in [-0.3, -0.25) is 4.79 Å². The summed E-state index contributed by atoms with van der Waals surface area (Å²) in [5, 5.41) is 6.34. The zero-order valence-electron chi connectivity index (χ0n) is 13.0. The first kappa shape index (κ1) is 17.1. The molecule has 1 amide bonds. The molecule has 20 heavy (non-hydrogen) atoms. The summed E-state index contributed by atoms with van der Waals surface area (Å²) in [7, 11) is 0. The number of hydrogen-bond donors (Lipinski definition) is 2. The lowest BCUT2D eigenvalue weighted by Crippen LogP contribution is -2.35. The zero-order chi connectivity index (χ0) is 15.0. The molecule has 1 rings (SSSR count). The Bertz CT molecular complexity index is 409. The van der Waals surface area contributed by atoms with Gasteiger partial charge < -0.3 is 10.6 Å². The van der Waals surface area contributed by atoms with Crippen molar-refractivity contribution in [3.05, 3.63) is 29.8 Å². The Labute approximate surface area is 126 Å². The van der Waals surface area contributed by atoms with Gasteiger partial charge >= 0.3 is 0 Å². The summed E-state index contributed by atoms with van der Waals surface area (Å²) < 4.78 is 0. The summed E-state index contributed by atoms with van der Waals surface area (Å²) in [5.74, 6) is 0.592. The summed E-state index contributed by atoms with van der Waals surface area (Å²) in [4.78, 5) is 12.6. The van der Waals surface area contributed by atoms with Crippen LogP contribution >= 0.6 is 11.8 Å². The maximum absolute atomic E-state index is 11.5. The van der Waals surface area contributed by atoms with Gasteiger partial charge in [-0.2, -0.15) is 0 Å². The highest BCUT2D eigenvalue weighted by atomic mass is 32.2. The van der Waals surface area contributed by atoms with Gasteiger partial charge in [0.1, 0.15) is 0 Å². The van der Waals surface area contributed by atoms with E-state index in [0.717, 1.165) is 24.4 Å². The molecule has 0 atom stereocenters. The van der Waals surface area contributed by atoms with E-state index >= 15 is 0 Å². The molecule has 0 saturated heterocycles. The van der Waals surface area contributed by atoms with Crippen LogP contribution in [0.15, 0.2) is 29.2 Å². The maximum atomic E-state index is 11.5. The van der Waals surface area contributed by atoms with Crippen molar-refractivity contribution in [1.29, 1.82) is 0 Å². The normalized spacial score (nSPS) is 11.4. The molecule has 3 nitrogen and oxygen atoms in total. The van der Waals surface area contributed by atoms with Crippen LogP contribution in [0.5, 0.6) is 0 Å². The third kappa shape index (κ3) is 7.56. The van der Waals surface area contributed by atoms with Crippen LogP contribution in [0.3, 0.4) is 0 Å². The van der Waals surface area contributed by atoms with Crippen LogP contribution in [0.1, 0.15) is 39.7 Å². The van der Waals surface area contributed by atoms with E-state index in [1.54, 1.807) is 11.8 Å². The second kappa shape index (κ2) is 8.32. The second-order valence-corrected chi connectivity index (χ2v) is 6.93. The van der Waals surface area contributed by atoms with E-state index in [4.69, 9.17) is 0 Å². The van der Waals surface area contributed by atoms with E-state index in [1.165, 1.54) is 5.56 Å². The number of nitrogens with one attached hydrogen (secondary N) is 2. The van der Waals surface area contributed by atoms with Crippen molar-refractivity contribution >= 4 is 17.7 Å². The minimum Gasteiger partial charge on any atom is -0.355 e. The lowest BCUT2D eigenvalue weighted by molar-refractivity contribution is -0.118. The largest absolute Gasteiger partial charge is 0.355 e. The molecule has 0 aromatic heterocycles. The van der Waals surface area contributed by atoms with E-state index in [9.17, 15) is 4.79 Å². The molecule has 0 fully saturated rings. The third-order valence-corrected chi connectivity index (χ3v) is 3.70. The number of hydrogen-bond acceptors (Lipinski definition) is 3. The van der Waals surface area contributed by atoms with Gasteiger partial charge in [0.15, 0.2) is 0 Å². The Morgan fingerprint density at radius 2 is 1.85 bits per heavy atom. The minimum atomic E-state index is 0.107. The van der Waals surface area contributed by atoms with E-state index in [1.807, 2.05) is 0 Å². The summed E-state index contributed by atoms with van der Waals surface area (Å²) >= 11 is 1.58. The first-order chi connectivity index (χ1) is 9.40. The number of amides is 1. The first-order valence-electron chi connectivity index (χ1n) is 7.14. The lowest BCUT2D eigenvalue weighted by Gasteiger charge is -2.20. The van der Waals surface area contributed by atoms with E-state index in [0.29, 0.717) is 5.75 Å². The summed E-state index contributed by atoms with van der Waals surface area (Å²) in [6.45, 7) is 10.2. The van der Waals surface area contributed by atoms with E-state index in [-0.39, 0.29) is 11.4 Å². The minimum absolute atomic E-state index is 0.107. The molecule has 0 aliphatic rings. The highest BCUT2D eigenvalue weighted by Gasteiger charge is 2.08. The van der Waals surface area contributed by atoms with Gasteiger partial charge in [-0.1, -0.05) is 19.1 Å². The van der Waals surface area contributed by atoms with Gasteiger partial charge in [-0.05, 0) is 44.9 Å². The Morgan fingerprint density at radius 1 is 1.20 bits per heavy atom. The van der Waals surface area contributed by atoms with Crippen molar-refractivity contribution < 1.29 is 4.79 Å². The van der Waals surface area contributed by atoms with Gasteiger partial charge in [0.25, 0.3) is 0 Å². The van der Waals surface area contributed by atoms with Crippen LogP contribution in [-0.4, -0.2) is 23.7 Å². The standard InChI is InChI=1S/C16H26N2OS/c1-5-10-17-15(19)12-20-14-8-6-13(7-9-14)11-18-16(2,3)4/h6-9,18H,5,10-12H2,1-4H3,(H,17,19). The molecule has 0 heterocycles. The Hall–Kier alpha value is -1.00. The topological polar surface area (TPSA) is 41.1 Å².